The zero-order chi connectivity index (χ0) is 13.6. The van der Waals surface area contributed by atoms with Crippen LogP contribution in [0.25, 0.3) is 0 Å². The maximum atomic E-state index is 11.0. The van der Waals surface area contributed by atoms with Crippen molar-refractivity contribution in [2.24, 2.45) is 5.73 Å². The Morgan fingerprint density at radius 2 is 1.89 bits per heavy atom. The van der Waals surface area contributed by atoms with E-state index < -0.39 is 9.84 Å². The van der Waals surface area contributed by atoms with Crippen LogP contribution in [0.1, 0.15) is 31.4 Å². The van der Waals surface area contributed by atoms with Gasteiger partial charge in [-0.05, 0) is 37.5 Å². The first-order chi connectivity index (χ1) is 8.42. The number of hydrogen-bond acceptors (Lipinski definition) is 4. The topological polar surface area (TPSA) is 69.4 Å². The lowest BCUT2D eigenvalue weighted by Crippen LogP contribution is -2.12. The minimum atomic E-state index is -2.89. The Bertz CT molecular complexity index is 454. The van der Waals surface area contributed by atoms with Crippen LogP contribution in [0, 0.1) is 0 Å². The van der Waals surface area contributed by atoms with Gasteiger partial charge in [0, 0.05) is 18.1 Å². The van der Waals surface area contributed by atoms with E-state index in [1.54, 1.807) is 0 Å². The second-order valence-corrected chi connectivity index (χ2v) is 6.64. The predicted molar refractivity (Wildman–Crippen MR) is 73.5 cm³/mol. The standard InChI is InChI=1S/C13H21NO3S/c1-3-17-12-8-6-11(7-9-12)13(14)5-4-10-18(2,15)16/h6-9,13H,3-5,10,14H2,1-2H3. The summed E-state index contributed by atoms with van der Waals surface area (Å²) in [6.45, 7) is 2.57. The van der Waals surface area contributed by atoms with Crippen molar-refractivity contribution in [3.8, 4) is 5.75 Å². The van der Waals surface area contributed by atoms with Crippen LogP contribution in [0.4, 0.5) is 0 Å². The van der Waals surface area contributed by atoms with Crippen LogP contribution in [-0.2, 0) is 9.84 Å². The molecule has 0 spiro atoms. The van der Waals surface area contributed by atoms with Crippen LogP contribution in [0.15, 0.2) is 24.3 Å². The molecule has 0 saturated carbocycles. The average Bonchev–Trinajstić information content (AvgIpc) is 2.28. The molecule has 1 rings (SSSR count). The van der Waals surface area contributed by atoms with E-state index >= 15 is 0 Å². The highest BCUT2D eigenvalue weighted by molar-refractivity contribution is 7.90. The molecule has 0 bridgehead atoms. The fraction of sp³-hybridized carbons (Fsp3) is 0.538. The Balaban J connectivity index is 2.48. The first kappa shape index (κ1) is 15.0. The summed E-state index contributed by atoms with van der Waals surface area (Å²) in [7, 11) is -2.89. The number of sulfone groups is 1. The van der Waals surface area contributed by atoms with Gasteiger partial charge in [0.25, 0.3) is 0 Å². The molecule has 0 aromatic heterocycles. The van der Waals surface area contributed by atoms with Crippen LogP contribution < -0.4 is 10.5 Å². The Morgan fingerprint density at radius 1 is 1.28 bits per heavy atom. The van der Waals surface area contributed by atoms with Gasteiger partial charge in [-0.15, -0.1) is 0 Å². The maximum Gasteiger partial charge on any atom is 0.147 e. The van der Waals surface area contributed by atoms with Crippen molar-refractivity contribution in [1.82, 2.24) is 0 Å². The van der Waals surface area contributed by atoms with Crippen molar-refractivity contribution >= 4 is 9.84 Å². The third-order valence-corrected chi connectivity index (χ3v) is 3.68. The first-order valence-corrected chi connectivity index (χ1v) is 8.14. The van der Waals surface area contributed by atoms with Gasteiger partial charge in [0.2, 0.25) is 0 Å². The Labute approximate surface area is 109 Å². The van der Waals surface area contributed by atoms with Gasteiger partial charge in [-0.25, -0.2) is 8.42 Å². The summed E-state index contributed by atoms with van der Waals surface area (Å²) in [6, 6.07) is 7.50. The monoisotopic (exact) mass is 271 g/mol. The normalized spacial score (nSPS) is 13.3. The van der Waals surface area contributed by atoms with E-state index in [0.717, 1.165) is 11.3 Å². The molecule has 0 aliphatic rings. The smallest absolute Gasteiger partial charge is 0.147 e. The average molecular weight is 271 g/mol. The molecule has 0 saturated heterocycles. The number of nitrogens with two attached hydrogens (primary N) is 1. The highest BCUT2D eigenvalue weighted by Crippen LogP contribution is 2.19. The maximum absolute atomic E-state index is 11.0. The Kier molecular flexibility index (Phi) is 5.62. The SMILES string of the molecule is CCOc1ccc(C(N)CCCS(C)(=O)=O)cc1. The largest absolute Gasteiger partial charge is 0.494 e. The molecule has 1 aromatic carbocycles. The highest BCUT2D eigenvalue weighted by Gasteiger charge is 2.08. The number of ether oxygens (including phenoxy) is 1. The fourth-order valence-electron chi connectivity index (χ4n) is 1.71. The van der Waals surface area contributed by atoms with E-state index in [1.165, 1.54) is 6.26 Å². The van der Waals surface area contributed by atoms with Crippen LogP contribution >= 0.6 is 0 Å². The van der Waals surface area contributed by atoms with E-state index in [1.807, 2.05) is 31.2 Å². The summed E-state index contributed by atoms with van der Waals surface area (Å²) in [6.07, 6.45) is 2.50. The summed E-state index contributed by atoms with van der Waals surface area (Å²) < 4.78 is 27.4. The van der Waals surface area contributed by atoms with Crippen molar-refractivity contribution < 1.29 is 13.2 Å². The van der Waals surface area contributed by atoms with E-state index in [-0.39, 0.29) is 11.8 Å². The lowest BCUT2D eigenvalue weighted by Gasteiger charge is -2.12. The summed E-state index contributed by atoms with van der Waals surface area (Å²) in [5, 5.41) is 0. The molecule has 0 aliphatic heterocycles. The minimum absolute atomic E-state index is 0.123. The number of rotatable bonds is 7. The molecule has 1 atom stereocenters. The van der Waals surface area contributed by atoms with Crippen LogP contribution in [-0.4, -0.2) is 27.0 Å². The molecule has 4 nitrogen and oxygen atoms in total. The van der Waals surface area contributed by atoms with Crippen molar-refractivity contribution in [3.05, 3.63) is 29.8 Å². The molecule has 102 valence electrons. The van der Waals surface area contributed by atoms with Gasteiger partial charge in [0.1, 0.15) is 15.6 Å². The molecule has 0 heterocycles. The van der Waals surface area contributed by atoms with Crippen LogP contribution in [0.5, 0.6) is 5.75 Å². The van der Waals surface area contributed by atoms with Gasteiger partial charge in [-0.1, -0.05) is 12.1 Å². The molecule has 2 N–H and O–H groups in total. The molecule has 0 fully saturated rings. The molecule has 0 radical (unpaired) electrons. The third kappa shape index (κ3) is 5.51. The molecule has 0 aliphatic carbocycles. The molecule has 0 amide bonds. The summed E-state index contributed by atoms with van der Waals surface area (Å²) >= 11 is 0. The van der Waals surface area contributed by atoms with Crippen molar-refractivity contribution in [2.45, 2.75) is 25.8 Å². The van der Waals surface area contributed by atoms with Gasteiger partial charge in [0.15, 0.2) is 0 Å². The van der Waals surface area contributed by atoms with E-state index in [9.17, 15) is 8.42 Å². The van der Waals surface area contributed by atoms with Gasteiger partial charge in [-0.2, -0.15) is 0 Å². The van der Waals surface area contributed by atoms with Gasteiger partial charge in [0.05, 0.1) is 6.61 Å². The van der Waals surface area contributed by atoms with E-state index in [4.69, 9.17) is 10.5 Å². The quantitative estimate of drug-likeness (QED) is 0.822. The highest BCUT2D eigenvalue weighted by atomic mass is 32.2. The number of benzene rings is 1. The minimum Gasteiger partial charge on any atom is -0.494 e. The van der Waals surface area contributed by atoms with Crippen LogP contribution in [0.3, 0.4) is 0 Å². The molecule has 1 aromatic rings. The molecular weight excluding hydrogens is 250 g/mol. The molecule has 1 unspecified atom stereocenters. The zero-order valence-corrected chi connectivity index (χ0v) is 11.7. The van der Waals surface area contributed by atoms with E-state index in [2.05, 4.69) is 0 Å². The molecular formula is C13H21NO3S. The Morgan fingerprint density at radius 3 is 2.39 bits per heavy atom. The zero-order valence-electron chi connectivity index (χ0n) is 10.9. The third-order valence-electron chi connectivity index (χ3n) is 2.65. The molecule has 5 heteroatoms. The second-order valence-electron chi connectivity index (χ2n) is 4.38. The number of hydrogen-bond donors (Lipinski definition) is 1. The van der Waals surface area contributed by atoms with Gasteiger partial charge in [-0.3, -0.25) is 0 Å². The van der Waals surface area contributed by atoms with E-state index in [0.29, 0.717) is 19.4 Å². The molecule has 18 heavy (non-hydrogen) atoms. The fourth-order valence-corrected chi connectivity index (χ4v) is 2.40. The lowest BCUT2D eigenvalue weighted by molar-refractivity contribution is 0.340. The van der Waals surface area contributed by atoms with Crippen LogP contribution in [0.2, 0.25) is 0 Å². The first-order valence-electron chi connectivity index (χ1n) is 6.08. The van der Waals surface area contributed by atoms with Crippen molar-refractivity contribution in [3.63, 3.8) is 0 Å². The van der Waals surface area contributed by atoms with Gasteiger partial charge < -0.3 is 10.5 Å². The Hall–Kier alpha value is -1.07. The predicted octanol–water partition coefficient (Wildman–Crippen LogP) is 1.91. The summed E-state index contributed by atoms with van der Waals surface area (Å²) in [5.41, 5.74) is 7.02. The summed E-state index contributed by atoms with van der Waals surface area (Å²) in [5.74, 6) is 1.02. The van der Waals surface area contributed by atoms with Gasteiger partial charge >= 0.3 is 0 Å². The lowest BCUT2D eigenvalue weighted by atomic mass is 10.0. The summed E-state index contributed by atoms with van der Waals surface area (Å²) in [4.78, 5) is 0. The van der Waals surface area contributed by atoms with Crippen molar-refractivity contribution in [1.29, 1.82) is 0 Å². The second kappa shape index (κ2) is 6.75. The van der Waals surface area contributed by atoms with Crippen molar-refractivity contribution in [2.75, 3.05) is 18.6 Å².